The van der Waals surface area contributed by atoms with Gasteiger partial charge in [0.2, 0.25) is 17.2 Å². The van der Waals surface area contributed by atoms with Gasteiger partial charge in [-0.3, -0.25) is 0 Å². The van der Waals surface area contributed by atoms with Crippen LogP contribution in [0.4, 0.5) is 11.9 Å². The molecule has 0 aromatic carbocycles. The zero-order chi connectivity index (χ0) is 13.0. The molecule has 2 aromatic heterocycles. The van der Waals surface area contributed by atoms with E-state index < -0.39 is 0 Å². The second kappa shape index (κ2) is 5.63. The van der Waals surface area contributed by atoms with Gasteiger partial charge in [0, 0.05) is 26.0 Å². The molecule has 0 aliphatic carbocycles. The summed E-state index contributed by atoms with van der Waals surface area (Å²) in [6, 6.07) is 0. The Labute approximate surface area is 110 Å². The van der Waals surface area contributed by atoms with Gasteiger partial charge in [0.15, 0.2) is 0 Å². The van der Waals surface area contributed by atoms with Crippen LogP contribution in [-0.2, 0) is 13.6 Å². The van der Waals surface area contributed by atoms with Gasteiger partial charge in [-0.15, -0.1) is 0 Å². The normalized spacial score (nSPS) is 10.4. The molecule has 0 radical (unpaired) electrons. The lowest BCUT2D eigenvalue weighted by molar-refractivity contribution is 0.806. The summed E-state index contributed by atoms with van der Waals surface area (Å²) in [6.07, 6.45) is 3.61. The second-order valence-electron chi connectivity index (χ2n) is 3.59. The summed E-state index contributed by atoms with van der Waals surface area (Å²) in [5.41, 5.74) is 0. The molecule has 18 heavy (non-hydrogen) atoms. The molecule has 0 aliphatic rings. The highest BCUT2D eigenvalue weighted by molar-refractivity contribution is 6.28. The summed E-state index contributed by atoms with van der Waals surface area (Å²) in [4.78, 5) is 16.3. The molecule has 2 N–H and O–H groups in total. The number of imidazole rings is 1. The molecule has 0 saturated heterocycles. The minimum atomic E-state index is 0.156. The molecule has 0 fully saturated rings. The van der Waals surface area contributed by atoms with Gasteiger partial charge in [0.25, 0.3) is 0 Å². The van der Waals surface area contributed by atoms with Gasteiger partial charge >= 0.3 is 0 Å². The molecule has 0 aliphatic heterocycles. The molecular formula is C10H14ClN7. The Morgan fingerprint density at radius 1 is 1.22 bits per heavy atom. The van der Waals surface area contributed by atoms with E-state index in [0.717, 1.165) is 12.4 Å². The van der Waals surface area contributed by atoms with Gasteiger partial charge in [-0.25, -0.2) is 4.98 Å². The highest BCUT2D eigenvalue weighted by Gasteiger charge is 2.05. The number of nitrogens with zero attached hydrogens (tertiary/aromatic N) is 5. The van der Waals surface area contributed by atoms with Crippen LogP contribution in [0.5, 0.6) is 0 Å². The Kier molecular flexibility index (Phi) is 3.93. The van der Waals surface area contributed by atoms with E-state index in [-0.39, 0.29) is 5.28 Å². The standard InChI is InChI=1S/C10H14ClN7/c1-3-12-9-15-8(11)16-10(17-9)14-6-7-13-4-5-18(7)2/h4-5H,3,6H2,1-2H3,(H2,12,14,15,16,17). The Bertz CT molecular complexity index is 525. The summed E-state index contributed by atoms with van der Waals surface area (Å²) in [7, 11) is 1.93. The van der Waals surface area contributed by atoms with E-state index in [0.29, 0.717) is 18.4 Å². The first kappa shape index (κ1) is 12.6. The van der Waals surface area contributed by atoms with Crippen molar-refractivity contribution in [2.24, 2.45) is 7.05 Å². The van der Waals surface area contributed by atoms with Gasteiger partial charge < -0.3 is 15.2 Å². The number of aromatic nitrogens is 5. The molecule has 7 nitrogen and oxygen atoms in total. The maximum Gasteiger partial charge on any atom is 0.229 e. The van der Waals surface area contributed by atoms with E-state index >= 15 is 0 Å². The van der Waals surface area contributed by atoms with Crippen molar-refractivity contribution in [3.8, 4) is 0 Å². The minimum Gasteiger partial charge on any atom is -0.354 e. The number of anilines is 2. The molecule has 96 valence electrons. The average Bonchev–Trinajstić information content (AvgIpc) is 2.72. The predicted molar refractivity (Wildman–Crippen MR) is 69.5 cm³/mol. The average molecular weight is 268 g/mol. The summed E-state index contributed by atoms with van der Waals surface area (Å²) in [5, 5.41) is 6.20. The van der Waals surface area contributed by atoms with Crippen LogP contribution in [0, 0.1) is 0 Å². The largest absolute Gasteiger partial charge is 0.354 e. The van der Waals surface area contributed by atoms with E-state index in [9.17, 15) is 0 Å². The Morgan fingerprint density at radius 3 is 2.56 bits per heavy atom. The van der Waals surface area contributed by atoms with Gasteiger partial charge in [-0.2, -0.15) is 15.0 Å². The maximum absolute atomic E-state index is 5.81. The number of rotatable bonds is 5. The molecule has 2 rings (SSSR count). The first-order valence-electron chi connectivity index (χ1n) is 5.54. The van der Waals surface area contributed by atoms with Crippen molar-refractivity contribution in [1.29, 1.82) is 0 Å². The number of hydrogen-bond acceptors (Lipinski definition) is 6. The lowest BCUT2D eigenvalue weighted by Crippen LogP contribution is -2.11. The third-order valence-electron chi connectivity index (χ3n) is 2.27. The Morgan fingerprint density at radius 2 is 1.94 bits per heavy atom. The van der Waals surface area contributed by atoms with Crippen molar-refractivity contribution in [3.05, 3.63) is 23.5 Å². The molecule has 8 heteroatoms. The van der Waals surface area contributed by atoms with Crippen molar-refractivity contribution >= 4 is 23.5 Å². The summed E-state index contributed by atoms with van der Waals surface area (Å²) >= 11 is 5.81. The van der Waals surface area contributed by atoms with Crippen LogP contribution in [-0.4, -0.2) is 31.0 Å². The molecule has 0 atom stereocenters. The van der Waals surface area contributed by atoms with Crippen molar-refractivity contribution in [1.82, 2.24) is 24.5 Å². The maximum atomic E-state index is 5.81. The summed E-state index contributed by atoms with van der Waals surface area (Å²) < 4.78 is 1.92. The molecular weight excluding hydrogens is 254 g/mol. The Hall–Kier alpha value is -1.89. The lowest BCUT2D eigenvalue weighted by Gasteiger charge is -2.07. The van der Waals surface area contributed by atoms with Crippen LogP contribution in [0.3, 0.4) is 0 Å². The smallest absolute Gasteiger partial charge is 0.229 e. The summed E-state index contributed by atoms with van der Waals surface area (Å²) in [6.45, 7) is 3.20. The van der Waals surface area contributed by atoms with Crippen LogP contribution in [0.2, 0.25) is 5.28 Å². The van der Waals surface area contributed by atoms with E-state index in [1.165, 1.54) is 0 Å². The number of nitrogens with one attached hydrogen (secondary N) is 2. The zero-order valence-electron chi connectivity index (χ0n) is 10.2. The van der Waals surface area contributed by atoms with Crippen LogP contribution in [0.1, 0.15) is 12.7 Å². The van der Waals surface area contributed by atoms with Crippen LogP contribution >= 0.6 is 11.6 Å². The molecule has 0 spiro atoms. The molecule has 0 unspecified atom stereocenters. The fraction of sp³-hybridized carbons (Fsp3) is 0.400. The van der Waals surface area contributed by atoms with Crippen molar-refractivity contribution in [3.63, 3.8) is 0 Å². The van der Waals surface area contributed by atoms with Crippen molar-refractivity contribution < 1.29 is 0 Å². The first-order valence-corrected chi connectivity index (χ1v) is 5.92. The fourth-order valence-electron chi connectivity index (χ4n) is 1.39. The molecule has 0 amide bonds. The minimum absolute atomic E-state index is 0.156. The topological polar surface area (TPSA) is 80.5 Å². The van der Waals surface area contributed by atoms with Gasteiger partial charge in [-0.1, -0.05) is 0 Å². The zero-order valence-corrected chi connectivity index (χ0v) is 10.9. The van der Waals surface area contributed by atoms with Crippen molar-refractivity contribution in [2.75, 3.05) is 17.2 Å². The SMILES string of the molecule is CCNc1nc(Cl)nc(NCc2nccn2C)n1. The molecule has 2 aromatic rings. The third kappa shape index (κ3) is 3.07. The fourth-order valence-corrected chi connectivity index (χ4v) is 1.55. The molecule has 0 saturated carbocycles. The third-order valence-corrected chi connectivity index (χ3v) is 2.44. The molecule has 0 bridgehead atoms. The van der Waals surface area contributed by atoms with Gasteiger partial charge in [0.05, 0.1) is 6.54 Å². The first-order chi connectivity index (χ1) is 8.69. The van der Waals surface area contributed by atoms with E-state index in [4.69, 9.17) is 11.6 Å². The van der Waals surface area contributed by atoms with Crippen LogP contribution in [0.25, 0.3) is 0 Å². The quantitative estimate of drug-likeness (QED) is 0.850. The van der Waals surface area contributed by atoms with Crippen LogP contribution < -0.4 is 10.6 Å². The molecule has 2 heterocycles. The van der Waals surface area contributed by atoms with Crippen molar-refractivity contribution in [2.45, 2.75) is 13.5 Å². The highest BCUT2D eigenvalue weighted by atomic mass is 35.5. The van der Waals surface area contributed by atoms with E-state index in [2.05, 4.69) is 30.6 Å². The number of halogens is 1. The summed E-state index contributed by atoms with van der Waals surface area (Å²) in [5.74, 6) is 1.77. The Balaban J connectivity index is 2.07. The van der Waals surface area contributed by atoms with E-state index in [1.807, 2.05) is 24.7 Å². The number of hydrogen-bond donors (Lipinski definition) is 2. The van der Waals surface area contributed by atoms with Gasteiger partial charge in [0.1, 0.15) is 5.82 Å². The second-order valence-corrected chi connectivity index (χ2v) is 3.93. The van der Waals surface area contributed by atoms with Crippen LogP contribution in [0.15, 0.2) is 12.4 Å². The monoisotopic (exact) mass is 267 g/mol. The predicted octanol–water partition coefficient (Wildman–Crippen LogP) is 1.30. The number of aryl methyl sites for hydroxylation is 1. The lowest BCUT2D eigenvalue weighted by atomic mass is 10.6. The van der Waals surface area contributed by atoms with Gasteiger partial charge in [-0.05, 0) is 18.5 Å². The highest BCUT2D eigenvalue weighted by Crippen LogP contribution is 2.10. The van der Waals surface area contributed by atoms with E-state index in [1.54, 1.807) is 6.20 Å².